The predicted molar refractivity (Wildman–Crippen MR) is 29.1 cm³/mol. The predicted octanol–water partition coefficient (Wildman–Crippen LogP) is -0.209. The summed E-state index contributed by atoms with van der Waals surface area (Å²) >= 11 is 1.30. The number of hydrazone groups is 1. The number of aldehydes is 1. The van der Waals surface area contributed by atoms with Gasteiger partial charge in [0.2, 0.25) is 0 Å². The van der Waals surface area contributed by atoms with Gasteiger partial charge in [-0.05, 0) is 11.9 Å². The highest BCUT2D eigenvalue weighted by molar-refractivity contribution is 7.99. The number of nitrogens with one attached hydrogen (secondary N) is 1. The SMILES string of the molecule is O=CC1C=NNS1. The Morgan fingerprint density at radius 2 is 2.86 bits per heavy atom. The fraction of sp³-hybridized carbons (Fsp3) is 0.333. The third-order valence-electron chi connectivity index (χ3n) is 0.597. The lowest BCUT2D eigenvalue weighted by Crippen LogP contribution is -2.00. The van der Waals surface area contributed by atoms with Crippen molar-refractivity contribution in [2.45, 2.75) is 5.25 Å². The molecule has 1 aliphatic heterocycles. The minimum atomic E-state index is -0.0694. The quantitative estimate of drug-likeness (QED) is 0.381. The van der Waals surface area contributed by atoms with E-state index in [1.54, 1.807) is 6.21 Å². The molecule has 1 heterocycles. The Morgan fingerprint density at radius 1 is 2.00 bits per heavy atom. The number of carbonyl (C=O) groups excluding carboxylic acids is 1. The van der Waals surface area contributed by atoms with Gasteiger partial charge >= 0.3 is 0 Å². The van der Waals surface area contributed by atoms with E-state index in [-0.39, 0.29) is 5.25 Å². The van der Waals surface area contributed by atoms with Gasteiger partial charge < -0.3 is 4.79 Å². The molecular weight excluding hydrogens is 112 g/mol. The van der Waals surface area contributed by atoms with Crippen molar-refractivity contribution in [1.29, 1.82) is 0 Å². The fourth-order valence-electron chi connectivity index (χ4n) is 0.289. The van der Waals surface area contributed by atoms with Crippen molar-refractivity contribution < 1.29 is 4.79 Å². The highest BCUT2D eigenvalue weighted by Crippen LogP contribution is 2.05. The largest absolute Gasteiger partial charge is 0.302 e. The van der Waals surface area contributed by atoms with E-state index in [0.717, 1.165) is 6.29 Å². The molecule has 0 aromatic heterocycles. The first-order valence-electron chi connectivity index (χ1n) is 1.82. The lowest BCUT2D eigenvalue weighted by molar-refractivity contribution is -0.106. The molecule has 0 aliphatic carbocycles. The number of nitrogens with zero attached hydrogens (tertiary/aromatic N) is 1. The summed E-state index contributed by atoms with van der Waals surface area (Å²) in [5, 5.41) is 3.52. The Morgan fingerprint density at radius 3 is 3.14 bits per heavy atom. The van der Waals surface area contributed by atoms with E-state index in [1.807, 2.05) is 0 Å². The number of carbonyl (C=O) groups is 1. The fourth-order valence-corrected chi connectivity index (χ4v) is 0.709. The number of hydrogen-bond acceptors (Lipinski definition) is 4. The molecule has 0 bridgehead atoms. The summed E-state index contributed by atoms with van der Waals surface area (Å²) in [6.45, 7) is 0. The third kappa shape index (κ3) is 0.928. The normalized spacial score (nSPS) is 27.1. The molecule has 0 saturated carbocycles. The summed E-state index contributed by atoms with van der Waals surface area (Å²) in [5.74, 6) is 0. The summed E-state index contributed by atoms with van der Waals surface area (Å²) in [6.07, 6.45) is 2.41. The highest BCUT2D eigenvalue weighted by atomic mass is 32.2. The second-order valence-corrected chi connectivity index (χ2v) is 2.05. The van der Waals surface area contributed by atoms with Crippen molar-refractivity contribution in [2.75, 3.05) is 0 Å². The molecule has 0 aromatic carbocycles. The smallest absolute Gasteiger partial charge is 0.140 e. The molecule has 0 spiro atoms. The van der Waals surface area contributed by atoms with Crippen LogP contribution in [0, 0.1) is 0 Å². The maximum Gasteiger partial charge on any atom is 0.140 e. The van der Waals surface area contributed by atoms with Crippen molar-refractivity contribution in [1.82, 2.24) is 4.83 Å². The molecule has 0 amide bonds. The Balaban J connectivity index is 2.42. The van der Waals surface area contributed by atoms with Crippen LogP contribution in [0.1, 0.15) is 0 Å². The van der Waals surface area contributed by atoms with E-state index in [0.29, 0.717) is 0 Å². The van der Waals surface area contributed by atoms with Crippen LogP contribution in [0.3, 0.4) is 0 Å². The van der Waals surface area contributed by atoms with Crippen LogP contribution in [-0.2, 0) is 4.79 Å². The monoisotopic (exact) mass is 116 g/mol. The van der Waals surface area contributed by atoms with Gasteiger partial charge in [0.1, 0.15) is 11.5 Å². The van der Waals surface area contributed by atoms with Crippen LogP contribution in [0.25, 0.3) is 0 Å². The Bertz CT molecular complexity index is 103. The molecule has 7 heavy (non-hydrogen) atoms. The summed E-state index contributed by atoms with van der Waals surface area (Å²) in [5.41, 5.74) is 0. The summed E-state index contributed by atoms with van der Waals surface area (Å²) in [7, 11) is 0. The zero-order chi connectivity index (χ0) is 5.11. The van der Waals surface area contributed by atoms with Crippen molar-refractivity contribution in [3.05, 3.63) is 0 Å². The van der Waals surface area contributed by atoms with Crippen LogP contribution >= 0.6 is 11.9 Å². The van der Waals surface area contributed by atoms with E-state index < -0.39 is 0 Å². The minimum absolute atomic E-state index is 0.0694. The molecule has 0 fully saturated rings. The van der Waals surface area contributed by atoms with Crippen LogP contribution in [0.4, 0.5) is 0 Å². The number of rotatable bonds is 1. The summed E-state index contributed by atoms with van der Waals surface area (Å²) < 4.78 is 0. The molecule has 0 aromatic rings. The summed E-state index contributed by atoms with van der Waals surface area (Å²) in [6, 6.07) is 0. The van der Waals surface area contributed by atoms with Crippen molar-refractivity contribution in [2.24, 2.45) is 5.10 Å². The molecule has 1 rings (SSSR count). The first-order valence-corrected chi connectivity index (χ1v) is 2.70. The molecule has 1 aliphatic rings. The molecule has 1 N–H and O–H groups in total. The third-order valence-corrected chi connectivity index (χ3v) is 1.31. The second-order valence-electron chi connectivity index (χ2n) is 1.09. The Labute approximate surface area is 45.3 Å². The van der Waals surface area contributed by atoms with Gasteiger partial charge in [0, 0.05) is 6.21 Å². The van der Waals surface area contributed by atoms with Gasteiger partial charge in [-0.15, -0.1) is 0 Å². The first-order chi connectivity index (χ1) is 3.43. The van der Waals surface area contributed by atoms with Crippen LogP contribution in [0.15, 0.2) is 5.10 Å². The molecule has 3 nitrogen and oxygen atoms in total. The van der Waals surface area contributed by atoms with Gasteiger partial charge in [-0.25, -0.2) is 0 Å². The van der Waals surface area contributed by atoms with Crippen molar-refractivity contribution in [3.8, 4) is 0 Å². The van der Waals surface area contributed by atoms with Crippen LogP contribution < -0.4 is 4.83 Å². The summed E-state index contributed by atoms with van der Waals surface area (Å²) in [4.78, 5) is 12.4. The van der Waals surface area contributed by atoms with Crippen LogP contribution in [0.2, 0.25) is 0 Å². The topological polar surface area (TPSA) is 41.5 Å². The molecule has 4 heteroatoms. The van der Waals surface area contributed by atoms with E-state index in [1.165, 1.54) is 11.9 Å². The average molecular weight is 116 g/mol. The zero-order valence-corrected chi connectivity index (χ0v) is 4.31. The Kier molecular flexibility index (Phi) is 1.31. The van der Waals surface area contributed by atoms with Crippen molar-refractivity contribution >= 4 is 24.4 Å². The van der Waals surface area contributed by atoms with Crippen LogP contribution in [-0.4, -0.2) is 17.8 Å². The lowest BCUT2D eigenvalue weighted by Gasteiger charge is -1.86. The first kappa shape index (κ1) is 4.64. The Hall–Kier alpha value is -0.510. The maximum absolute atomic E-state index is 9.86. The van der Waals surface area contributed by atoms with Gasteiger partial charge in [0.25, 0.3) is 0 Å². The van der Waals surface area contributed by atoms with Gasteiger partial charge in [-0.2, -0.15) is 5.10 Å². The molecule has 0 saturated heterocycles. The van der Waals surface area contributed by atoms with E-state index in [2.05, 4.69) is 9.93 Å². The second kappa shape index (κ2) is 1.97. The van der Waals surface area contributed by atoms with E-state index in [9.17, 15) is 4.79 Å². The molecular formula is C3H4N2OS. The highest BCUT2D eigenvalue weighted by Gasteiger charge is 2.07. The number of hydrogen-bond donors (Lipinski definition) is 1. The maximum atomic E-state index is 9.86. The standard InChI is InChI=1S/C3H4N2OS/c6-2-3-1-4-5-7-3/h1-3,5H. The lowest BCUT2D eigenvalue weighted by atomic mass is 10.5. The van der Waals surface area contributed by atoms with Crippen molar-refractivity contribution in [3.63, 3.8) is 0 Å². The van der Waals surface area contributed by atoms with Gasteiger partial charge in [-0.3, -0.25) is 4.83 Å². The van der Waals surface area contributed by atoms with Gasteiger partial charge in [0.15, 0.2) is 0 Å². The van der Waals surface area contributed by atoms with Crippen LogP contribution in [0.5, 0.6) is 0 Å². The average Bonchev–Trinajstić information content (AvgIpc) is 2.14. The molecule has 38 valence electrons. The molecule has 0 radical (unpaired) electrons. The zero-order valence-electron chi connectivity index (χ0n) is 3.50. The van der Waals surface area contributed by atoms with E-state index >= 15 is 0 Å². The van der Waals surface area contributed by atoms with E-state index in [4.69, 9.17) is 0 Å². The molecule has 1 unspecified atom stereocenters. The van der Waals surface area contributed by atoms with Gasteiger partial charge in [-0.1, -0.05) is 0 Å². The van der Waals surface area contributed by atoms with Gasteiger partial charge in [0.05, 0.1) is 0 Å². The molecule has 1 atom stereocenters. The minimum Gasteiger partial charge on any atom is -0.302 e.